The lowest BCUT2D eigenvalue weighted by atomic mass is 9.94. The summed E-state index contributed by atoms with van der Waals surface area (Å²) in [5.41, 5.74) is 5.25. The predicted molar refractivity (Wildman–Crippen MR) is 90.3 cm³/mol. The highest BCUT2D eigenvalue weighted by Crippen LogP contribution is 2.27. The van der Waals surface area contributed by atoms with Crippen LogP contribution in [0.25, 0.3) is 0 Å². The number of aryl methyl sites for hydroxylation is 1. The maximum atomic E-state index is 3.56. The zero-order valence-electron chi connectivity index (χ0n) is 12.6. The van der Waals surface area contributed by atoms with Gasteiger partial charge in [0.2, 0.25) is 0 Å². The van der Waals surface area contributed by atoms with Gasteiger partial charge in [0.15, 0.2) is 0 Å². The van der Waals surface area contributed by atoms with E-state index in [-0.39, 0.29) is 6.04 Å². The molecule has 1 atom stereocenters. The first-order valence-corrected chi connectivity index (χ1v) is 7.85. The van der Waals surface area contributed by atoms with Crippen LogP contribution in [-0.2, 0) is 0 Å². The van der Waals surface area contributed by atoms with Crippen molar-refractivity contribution in [1.29, 1.82) is 0 Å². The Kier molecular flexibility index (Phi) is 5.00. The Bertz CT molecular complexity index is 572. The van der Waals surface area contributed by atoms with Gasteiger partial charge in [-0.25, -0.2) is 0 Å². The summed E-state index contributed by atoms with van der Waals surface area (Å²) in [5, 5.41) is 3.41. The molecule has 2 aromatic rings. The van der Waals surface area contributed by atoms with E-state index in [9.17, 15) is 0 Å². The number of benzene rings is 2. The lowest BCUT2D eigenvalue weighted by Crippen LogP contribution is -2.17. The standard InChI is InChI=1S/C18H22BrN/c1-12(2)14-5-7-15(8-6-14)18(20-4)16-9-10-17(19)13(3)11-16/h5-12,18,20H,1-4H3. The lowest BCUT2D eigenvalue weighted by molar-refractivity contribution is 0.690. The van der Waals surface area contributed by atoms with Gasteiger partial charge in [0, 0.05) is 4.47 Å². The number of rotatable bonds is 4. The largest absolute Gasteiger partial charge is 0.309 e. The third-order valence-electron chi connectivity index (χ3n) is 3.74. The summed E-state index contributed by atoms with van der Waals surface area (Å²) in [4.78, 5) is 0. The van der Waals surface area contributed by atoms with Crippen LogP contribution in [0.3, 0.4) is 0 Å². The van der Waals surface area contributed by atoms with Crippen LogP contribution in [-0.4, -0.2) is 7.05 Å². The van der Waals surface area contributed by atoms with Gasteiger partial charge in [0.05, 0.1) is 6.04 Å². The molecule has 0 aliphatic rings. The van der Waals surface area contributed by atoms with E-state index in [2.05, 4.69) is 84.5 Å². The molecule has 0 spiro atoms. The van der Waals surface area contributed by atoms with Crippen LogP contribution in [0.2, 0.25) is 0 Å². The SMILES string of the molecule is CNC(c1ccc(C(C)C)cc1)c1ccc(Br)c(C)c1. The van der Waals surface area contributed by atoms with Gasteiger partial charge in [0.1, 0.15) is 0 Å². The van der Waals surface area contributed by atoms with Gasteiger partial charge in [-0.05, 0) is 48.2 Å². The zero-order chi connectivity index (χ0) is 14.7. The Morgan fingerprint density at radius 3 is 1.95 bits per heavy atom. The van der Waals surface area contributed by atoms with Gasteiger partial charge in [-0.15, -0.1) is 0 Å². The molecule has 0 saturated carbocycles. The molecule has 1 unspecified atom stereocenters. The summed E-state index contributed by atoms with van der Waals surface area (Å²) in [6, 6.07) is 15.7. The minimum atomic E-state index is 0.239. The molecule has 0 radical (unpaired) electrons. The molecule has 1 nitrogen and oxygen atoms in total. The van der Waals surface area contributed by atoms with Gasteiger partial charge in [0.25, 0.3) is 0 Å². The van der Waals surface area contributed by atoms with Crippen molar-refractivity contribution >= 4 is 15.9 Å². The van der Waals surface area contributed by atoms with Crippen LogP contribution in [0, 0.1) is 6.92 Å². The number of halogens is 1. The quantitative estimate of drug-likeness (QED) is 0.812. The van der Waals surface area contributed by atoms with Crippen molar-refractivity contribution in [1.82, 2.24) is 5.32 Å². The minimum absolute atomic E-state index is 0.239. The van der Waals surface area contributed by atoms with E-state index < -0.39 is 0 Å². The van der Waals surface area contributed by atoms with E-state index in [1.807, 2.05) is 7.05 Å². The fraction of sp³-hybridized carbons (Fsp3) is 0.333. The van der Waals surface area contributed by atoms with Gasteiger partial charge < -0.3 is 5.32 Å². The summed E-state index contributed by atoms with van der Waals surface area (Å²) in [5.74, 6) is 0.576. The maximum Gasteiger partial charge on any atom is 0.0574 e. The number of hydrogen-bond acceptors (Lipinski definition) is 1. The van der Waals surface area contributed by atoms with E-state index in [0.717, 1.165) is 4.47 Å². The second-order valence-corrected chi connectivity index (χ2v) is 6.41. The molecular weight excluding hydrogens is 310 g/mol. The molecule has 2 heteroatoms. The highest BCUT2D eigenvalue weighted by Gasteiger charge is 2.13. The van der Waals surface area contributed by atoms with Crippen molar-refractivity contribution in [3.63, 3.8) is 0 Å². The maximum absolute atomic E-state index is 3.56. The molecule has 2 aromatic carbocycles. The molecule has 0 saturated heterocycles. The number of nitrogens with one attached hydrogen (secondary N) is 1. The van der Waals surface area contributed by atoms with E-state index in [1.54, 1.807) is 0 Å². The van der Waals surface area contributed by atoms with Crippen molar-refractivity contribution < 1.29 is 0 Å². The van der Waals surface area contributed by atoms with Gasteiger partial charge >= 0.3 is 0 Å². The van der Waals surface area contributed by atoms with Crippen LogP contribution < -0.4 is 5.32 Å². The van der Waals surface area contributed by atoms with Crippen molar-refractivity contribution in [2.24, 2.45) is 0 Å². The van der Waals surface area contributed by atoms with E-state index in [4.69, 9.17) is 0 Å². The second-order valence-electron chi connectivity index (χ2n) is 5.55. The Balaban J connectivity index is 2.33. The van der Waals surface area contributed by atoms with Crippen molar-refractivity contribution in [3.05, 3.63) is 69.2 Å². The molecule has 0 heterocycles. The zero-order valence-corrected chi connectivity index (χ0v) is 14.2. The van der Waals surface area contributed by atoms with Crippen molar-refractivity contribution in [2.75, 3.05) is 7.05 Å². The molecule has 0 aliphatic carbocycles. The fourth-order valence-electron chi connectivity index (χ4n) is 2.45. The normalized spacial score (nSPS) is 12.7. The first kappa shape index (κ1) is 15.3. The summed E-state index contributed by atoms with van der Waals surface area (Å²) < 4.78 is 1.16. The van der Waals surface area contributed by atoms with Crippen molar-refractivity contribution in [3.8, 4) is 0 Å². The average molecular weight is 332 g/mol. The molecule has 0 aliphatic heterocycles. The van der Waals surface area contributed by atoms with E-state index in [1.165, 1.54) is 22.3 Å². The highest BCUT2D eigenvalue weighted by atomic mass is 79.9. The van der Waals surface area contributed by atoms with Gasteiger partial charge in [-0.3, -0.25) is 0 Å². The van der Waals surface area contributed by atoms with Gasteiger partial charge in [-0.1, -0.05) is 66.2 Å². The molecule has 20 heavy (non-hydrogen) atoms. The molecule has 106 valence electrons. The molecule has 0 fully saturated rings. The third-order valence-corrected chi connectivity index (χ3v) is 4.63. The summed E-state index contributed by atoms with van der Waals surface area (Å²) in [6.45, 7) is 6.58. The van der Waals surface area contributed by atoms with Crippen LogP contribution in [0.15, 0.2) is 46.9 Å². The number of hydrogen-bond donors (Lipinski definition) is 1. The molecule has 0 amide bonds. The first-order chi connectivity index (χ1) is 9.52. The van der Waals surface area contributed by atoms with E-state index in [0.29, 0.717) is 5.92 Å². The molecule has 0 aromatic heterocycles. The van der Waals surface area contributed by atoms with Crippen LogP contribution in [0.5, 0.6) is 0 Å². The monoisotopic (exact) mass is 331 g/mol. The lowest BCUT2D eigenvalue weighted by Gasteiger charge is -2.19. The fourth-order valence-corrected chi connectivity index (χ4v) is 2.69. The Labute approximate surface area is 130 Å². The molecule has 0 bridgehead atoms. The Morgan fingerprint density at radius 1 is 0.900 bits per heavy atom. The summed E-state index contributed by atoms with van der Waals surface area (Å²) in [6.07, 6.45) is 0. The first-order valence-electron chi connectivity index (χ1n) is 7.06. The highest BCUT2D eigenvalue weighted by molar-refractivity contribution is 9.10. The van der Waals surface area contributed by atoms with Crippen molar-refractivity contribution in [2.45, 2.75) is 32.7 Å². The average Bonchev–Trinajstić information content (AvgIpc) is 2.44. The molecule has 1 N–H and O–H groups in total. The Hall–Kier alpha value is -1.12. The smallest absolute Gasteiger partial charge is 0.0574 e. The predicted octanol–water partition coefficient (Wildman–Crippen LogP) is 5.19. The van der Waals surface area contributed by atoms with Crippen LogP contribution >= 0.6 is 15.9 Å². The molecule has 2 rings (SSSR count). The van der Waals surface area contributed by atoms with Gasteiger partial charge in [-0.2, -0.15) is 0 Å². The second kappa shape index (κ2) is 6.55. The van der Waals surface area contributed by atoms with Crippen LogP contribution in [0.4, 0.5) is 0 Å². The Morgan fingerprint density at radius 2 is 1.45 bits per heavy atom. The topological polar surface area (TPSA) is 12.0 Å². The van der Waals surface area contributed by atoms with Crippen LogP contribution in [0.1, 0.15) is 48.1 Å². The summed E-state index contributed by atoms with van der Waals surface area (Å²) in [7, 11) is 2.01. The third kappa shape index (κ3) is 3.31. The molecular formula is C18H22BrN. The minimum Gasteiger partial charge on any atom is -0.309 e. The summed E-state index contributed by atoms with van der Waals surface area (Å²) >= 11 is 3.56. The van der Waals surface area contributed by atoms with E-state index >= 15 is 0 Å².